The summed E-state index contributed by atoms with van der Waals surface area (Å²) in [5.41, 5.74) is -4.19. The summed E-state index contributed by atoms with van der Waals surface area (Å²) in [4.78, 5) is 1.07. The summed E-state index contributed by atoms with van der Waals surface area (Å²) in [6, 6.07) is 3.85. The number of hydrogen-bond acceptors (Lipinski definition) is 5. The standard InChI is InChI=1S/C11H16F3NO2S2/c12-11(13,14)19-5-3-15-6-9(16)7-17-8-10-2-1-4-18-10/h1-2,4,9,15-16H,3,5-8H2. The molecule has 0 saturated carbocycles. The van der Waals surface area contributed by atoms with E-state index >= 15 is 0 Å². The van der Waals surface area contributed by atoms with Gasteiger partial charge in [0.25, 0.3) is 0 Å². The van der Waals surface area contributed by atoms with Crippen molar-refractivity contribution in [2.24, 2.45) is 0 Å². The number of hydrogen-bond donors (Lipinski definition) is 2. The van der Waals surface area contributed by atoms with Gasteiger partial charge in [0.05, 0.1) is 19.3 Å². The van der Waals surface area contributed by atoms with Crippen molar-refractivity contribution < 1.29 is 23.0 Å². The molecule has 0 aromatic carbocycles. The number of thioether (sulfide) groups is 1. The van der Waals surface area contributed by atoms with Crippen LogP contribution in [0.4, 0.5) is 13.2 Å². The van der Waals surface area contributed by atoms with Crippen molar-refractivity contribution in [3.63, 3.8) is 0 Å². The predicted octanol–water partition coefficient (Wildman–Crippen LogP) is 2.47. The van der Waals surface area contributed by atoms with Crippen LogP contribution in [0, 0.1) is 0 Å². The minimum Gasteiger partial charge on any atom is -0.389 e. The first kappa shape index (κ1) is 16.8. The van der Waals surface area contributed by atoms with Gasteiger partial charge in [0.2, 0.25) is 0 Å². The van der Waals surface area contributed by atoms with Gasteiger partial charge >= 0.3 is 5.51 Å². The zero-order valence-corrected chi connectivity index (χ0v) is 11.8. The van der Waals surface area contributed by atoms with Crippen molar-refractivity contribution in [1.29, 1.82) is 0 Å². The molecular formula is C11H16F3NO2S2. The van der Waals surface area contributed by atoms with Gasteiger partial charge in [-0.05, 0) is 23.2 Å². The molecule has 0 amide bonds. The summed E-state index contributed by atoms with van der Waals surface area (Å²) in [5.74, 6) is -0.0632. The van der Waals surface area contributed by atoms with Crippen molar-refractivity contribution in [1.82, 2.24) is 5.32 Å². The van der Waals surface area contributed by atoms with E-state index in [9.17, 15) is 18.3 Å². The van der Waals surface area contributed by atoms with E-state index < -0.39 is 11.6 Å². The molecule has 1 aromatic rings. The maximum absolute atomic E-state index is 11.8. The lowest BCUT2D eigenvalue weighted by Crippen LogP contribution is -2.32. The highest BCUT2D eigenvalue weighted by Crippen LogP contribution is 2.29. The van der Waals surface area contributed by atoms with E-state index in [2.05, 4.69) is 5.32 Å². The van der Waals surface area contributed by atoms with Crippen LogP contribution >= 0.6 is 23.1 Å². The first-order chi connectivity index (χ1) is 8.97. The molecule has 1 heterocycles. The highest BCUT2D eigenvalue weighted by atomic mass is 32.2. The van der Waals surface area contributed by atoms with E-state index in [1.807, 2.05) is 17.5 Å². The SMILES string of the molecule is OC(CNCCSC(F)(F)F)COCc1cccs1. The topological polar surface area (TPSA) is 41.5 Å². The fraction of sp³-hybridized carbons (Fsp3) is 0.636. The molecule has 19 heavy (non-hydrogen) atoms. The number of halogens is 3. The van der Waals surface area contributed by atoms with Crippen molar-refractivity contribution in [2.75, 3.05) is 25.4 Å². The Morgan fingerprint density at radius 1 is 1.47 bits per heavy atom. The summed E-state index contributed by atoms with van der Waals surface area (Å²) in [7, 11) is 0. The zero-order valence-electron chi connectivity index (χ0n) is 10.2. The molecule has 0 bridgehead atoms. The second-order valence-electron chi connectivity index (χ2n) is 3.75. The van der Waals surface area contributed by atoms with Gasteiger partial charge in [-0.2, -0.15) is 13.2 Å². The molecule has 1 atom stereocenters. The smallest absolute Gasteiger partial charge is 0.389 e. The quantitative estimate of drug-likeness (QED) is 0.687. The third kappa shape index (κ3) is 9.28. The van der Waals surface area contributed by atoms with Gasteiger partial charge in [-0.3, -0.25) is 0 Å². The molecule has 1 unspecified atom stereocenters. The molecule has 2 N–H and O–H groups in total. The molecule has 0 saturated heterocycles. The Hall–Kier alpha value is -0.280. The zero-order chi connectivity index (χ0) is 14.1. The van der Waals surface area contributed by atoms with Gasteiger partial charge < -0.3 is 15.2 Å². The van der Waals surface area contributed by atoms with Crippen LogP contribution in [-0.2, 0) is 11.3 Å². The Kier molecular flexibility index (Phi) is 7.77. The van der Waals surface area contributed by atoms with Gasteiger partial charge in [-0.15, -0.1) is 11.3 Å². The van der Waals surface area contributed by atoms with Crippen LogP contribution < -0.4 is 5.32 Å². The Labute approximate surface area is 118 Å². The summed E-state index contributed by atoms with van der Waals surface area (Å²) in [5, 5.41) is 14.2. The summed E-state index contributed by atoms with van der Waals surface area (Å²) in [6.45, 7) is 1.03. The van der Waals surface area contributed by atoms with Crippen LogP contribution in [0.5, 0.6) is 0 Å². The number of nitrogens with one attached hydrogen (secondary N) is 1. The number of alkyl halides is 3. The van der Waals surface area contributed by atoms with Crippen molar-refractivity contribution in [2.45, 2.75) is 18.2 Å². The number of thiophene rings is 1. The normalized spacial score (nSPS) is 13.7. The molecule has 0 spiro atoms. The third-order valence-corrected chi connectivity index (χ3v) is 3.64. The van der Waals surface area contributed by atoms with E-state index in [0.29, 0.717) is 6.61 Å². The molecule has 0 aliphatic carbocycles. The van der Waals surface area contributed by atoms with Gasteiger partial charge in [0.1, 0.15) is 0 Å². The van der Waals surface area contributed by atoms with Crippen LogP contribution in [0.1, 0.15) is 4.88 Å². The minimum atomic E-state index is -4.19. The van der Waals surface area contributed by atoms with Crippen molar-refractivity contribution in [3.05, 3.63) is 22.4 Å². The van der Waals surface area contributed by atoms with Crippen molar-refractivity contribution >= 4 is 23.1 Å². The Morgan fingerprint density at radius 3 is 2.89 bits per heavy atom. The fourth-order valence-electron chi connectivity index (χ4n) is 1.26. The lowest BCUT2D eigenvalue weighted by molar-refractivity contribution is -0.0327. The van der Waals surface area contributed by atoms with Crippen molar-refractivity contribution in [3.8, 4) is 0 Å². The van der Waals surface area contributed by atoms with Gasteiger partial charge in [-0.25, -0.2) is 0 Å². The highest BCUT2D eigenvalue weighted by Gasteiger charge is 2.27. The second-order valence-corrected chi connectivity index (χ2v) is 5.94. The van der Waals surface area contributed by atoms with E-state index in [0.717, 1.165) is 4.88 Å². The van der Waals surface area contributed by atoms with Crippen LogP contribution in [0.3, 0.4) is 0 Å². The molecule has 1 aromatic heterocycles. The molecule has 110 valence electrons. The molecule has 0 radical (unpaired) electrons. The number of aliphatic hydroxyl groups is 1. The lowest BCUT2D eigenvalue weighted by atomic mass is 10.4. The molecule has 0 fully saturated rings. The van der Waals surface area contributed by atoms with E-state index in [4.69, 9.17) is 4.74 Å². The van der Waals surface area contributed by atoms with E-state index in [1.54, 1.807) is 11.3 Å². The Morgan fingerprint density at radius 2 is 2.26 bits per heavy atom. The molecule has 1 rings (SSSR count). The monoisotopic (exact) mass is 315 g/mol. The lowest BCUT2D eigenvalue weighted by Gasteiger charge is -2.12. The first-order valence-corrected chi connectivity index (χ1v) is 7.53. The van der Waals surface area contributed by atoms with Crippen LogP contribution in [-0.4, -0.2) is 42.2 Å². The third-order valence-electron chi connectivity index (χ3n) is 2.06. The average molecular weight is 315 g/mol. The summed E-state index contributed by atoms with van der Waals surface area (Å²) >= 11 is 1.50. The Bertz CT molecular complexity index is 333. The average Bonchev–Trinajstić information content (AvgIpc) is 2.80. The Balaban J connectivity index is 1.94. The fourth-order valence-corrected chi connectivity index (χ4v) is 2.38. The predicted molar refractivity (Wildman–Crippen MR) is 71.4 cm³/mol. The number of ether oxygens (including phenoxy) is 1. The van der Waals surface area contributed by atoms with E-state index in [1.165, 1.54) is 0 Å². The molecule has 0 aliphatic heterocycles. The maximum atomic E-state index is 11.8. The molecule has 3 nitrogen and oxygen atoms in total. The van der Waals surface area contributed by atoms with Gasteiger partial charge in [0.15, 0.2) is 0 Å². The maximum Gasteiger partial charge on any atom is 0.441 e. The van der Waals surface area contributed by atoms with Crippen LogP contribution in [0.15, 0.2) is 17.5 Å². The first-order valence-electron chi connectivity index (χ1n) is 5.67. The minimum absolute atomic E-state index is 0.0632. The summed E-state index contributed by atoms with van der Waals surface area (Å²) in [6.07, 6.45) is -0.712. The number of rotatable bonds is 9. The summed E-state index contributed by atoms with van der Waals surface area (Å²) < 4.78 is 40.7. The number of aliphatic hydroxyl groups excluding tert-OH is 1. The molecule has 8 heteroatoms. The largest absolute Gasteiger partial charge is 0.441 e. The highest BCUT2D eigenvalue weighted by molar-refractivity contribution is 8.00. The van der Waals surface area contributed by atoms with Gasteiger partial charge in [0, 0.05) is 23.7 Å². The van der Waals surface area contributed by atoms with Crippen LogP contribution in [0.25, 0.3) is 0 Å². The van der Waals surface area contributed by atoms with E-state index in [-0.39, 0.29) is 37.2 Å². The molecule has 0 aliphatic rings. The van der Waals surface area contributed by atoms with Crippen LogP contribution in [0.2, 0.25) is 0 Å². The second kappa shape index (κ2) is 8.80. The van der Waals surface area contributed by atoms with Gasteiger partial charge in [-0.1, -0.05) is 6.07 Å². The molecular weight excluding hydrogens is 299 g/mol.